The van der Waals surface area contributed by atoms with Crippen LogP contribution in [0.15, 0.2) is 69.5 Å². The van der Waals surface area contributed by atoms with Crippen LogP contribution in [0.5, 0.6) is 0 Å². The number of esters is 1. The van der Waals surface area contributed by atoms with Crippen LogP contribution in [0.2, 0.25) is 0 Å². The Labute approximate surface area is 143 Å². The lowest BCUT2D eigenvalue weighted by molar-refractivity contribution is 0.0247. The Kier molecular flexibility index (Phi) is 3.78. The second-order valence-electron chi connectivity index (χ2n) is 5.51. The van der Waals surface area contributed by atoms with E-state index in [1.165, 1.54) is 0 Å². The number of carbonyl (C=O) groups is 1. The van der Waals surface area contributed by atoms with Gasteiger partial charge in [-0.1, -0.05) is 36.4 Å². The molecule has 0 unspecified atom stereocenters. The SMILES string of the molecule is C[C@H](OC(=O)c1cc2ccccc2o1)c1nnc(-c2ccccc2)o1. The van der Waals surface area contributed by atoms with Crippen molar-refractivity contribution in [3.05, 3.63) is 72.3 Å². The van der Waals surface area contributed by atoms with Gasteiger partial charge in [0.2, 0.25) is 11.7 Å². The van der Waals surface area contributed by atoms with Gasteiger partial charge < -0.3 is 13.6 Å². The van der Waals surface area contributed by atoms with Crippen molar-refractivity contribution in [2.45, 2.75) is 13.0 Å². The molecule has 4 rings (SSSR count). The molecule has 124 valence electrons. The van der Waals surface area contributed by atoms with E-state index < -0.39 is 12.1 Å². The van der Waals surface area contributed by atoms with E-state index in [4.69, 9.17) is 13.6 Å². The number of hydrogen-bond acceptors (Lipinski definition) is 6. The van der Waals surface area contributed by atoms with Crippen LogP contribution in [0.3, 0.4) is 0 Å². The normalized spacial score (nSPS) is 12.2. The van der Waals surface area contributed by atoms with Crippen LogP contribution in [-0.4, -0.2) is 16.2 Å². The van der Waals surface area contributed by atoms with Crippen molar-refractivity contribution in [2.75, 3.05) is 0 Å². The van der Waals surface area contributed by atoms with Crippen LogP contribution in [-0.2, 0) is 4.74 Å². The van der Waals surface area contributed by atoms with Crippen molar-refractivity contribution < 1.29 is 18.4 Å². The van der Waals surface area contributed by atoms with Crippen LogP contribution in [0, 0.1) is 0 Å². The van der Waals surface area contributed by atoms with Crippen LogP contribution in [0.1, 0.15) is 29.5 Å². The minimum absolute atomic E-state index is 0.135. The molecule has 25 heavy (non-hydrogen) atoms. The standard InChI is InChI=1S/C19H14N2O4/c1-12(17-20-21-18(25-17)13-7-3-2-4-8-13)23-19(22)16-11-14-9-5-6-10-15(14)24-16/h2-12H,1H3/t12-/m0/s1. The van der Waals surface area contributed by atoms with Crippen LogP contribution < -0.4 is 0 Å². The van der Waals surface area contributed by atoms with E-state index in [1.54, 1.807) is 19.1 Å². The van der Waals surface area contributed by atoms with Gasteiger partial charge in [0, 0.05) is 10.9 Å². The first kappa shape index (κ1) is 15.1. The number of ether oxygens (including phenoxy) is 1. The molecule has 6 heteroatoms. The predicted octanol–water partition coefficient (Wildman–Crippen LogP) is 4.40. The Hall–Kier alpha value is -3.41. The summed E-state index contributed by atoms with van der Waals surface area (Å²) in [6.45, 7) is 1.67. The van der Waals surface area contributed by atoms with Gasteiger partial charge in [-0.3, -0.25) is 0 Å². The smallest absolute Gasteiger partial charge is 0.375 e. The summed E-state index contributed by atoms with van der Waals surface area (Å²) in [4.78, 5) is 12.3. The first-order chi connectivity index (χ1) is 12.2. The maximum atomic E-state index is 12.3. The van der Waals surface area contributed by atoms with Gasteiger partial charge in [0.25, 0.3) is 5.89 Å². The summed E-state index contributed by atoms with van der Waals surface area (Å²) in [5.74, 6) is 0.157. The molecule has 4 aromatic rings. The molecule has 2 heterocycles. The monoisotopic (exact) mass is 334 g/mol. The third-order valence-corrected chi connectivity index (χ3v) is 3.72. The predicted molar refractivity (Wildman–Crippen MR) is 89.8 cm³/mol. The lowest BCUT2D eigenvalue weighted by Crippen LogP contribution is -2.08. The second-order valence-corrected chi connectivity index (χ2v) is 5.51. The molecule has 0 radical (unpaired) electrons. The highest BCUT2D eigenvalue weighted by Gasteiger charge is 2.22. The van der Waals surface area contributed by atoms with E-state index in [0.29, 0.717) is 11.5 Å². The first-order valence-corrected chi connectivity index (χ1v) is 7.79. The number of para-hydroxylation sites is 1. The Bertz CT molecular complexity index is 987. The third-order valence-electron chi connectivity index (χ3n) is 3.72. The topological polar surface area (TPSA) is 78.4 Å². The van der Waals surface area contributed by atoms with E-state index >= 15 is 0 Å². The van der Waals surface area contributed by atoms with E-state index in [0.717, 1.165) is 10.9 Å². The zero-order chi connectivity index (χ0) is 17.2. The second kappa shape index (κ2) is 6.24. The number of benzene rings is 2. The number of carbonyl (C=O) groups excluding carboxylic acids is 1. The van der Waals surface area contributed by atoms with Gasteiger partial charge in [-0.05, 0) is 31.2 Å². The van der Waals surface area contributed by atoms with Crippen molar-refractivity contribution in [1.82, 2.24) is 10.2 Å². The molecular weight excluding hydrogens is 320 g/mol. The minimum atomic E-state index is -0.689. The summed E-state index contributed by atoms with van der Waals surface area (Å²) in [5.41, 5.74) is 1.43. The third kappa shape index (κ3) is 3.01. The highest BCUT2D eigenvalue weighted by molar-refractivity contribution is 5.92. The van der Waals surface area contributed by atoms with Crippen LogP contribution in [0.4, 0.5) is 0 Å². The molecule has 0 bridgehead atoms. The molecular formula is C19H14N2O4. The number of rotatable bonds is 4. The summed E-state index contributed by atoms with van der Waals surface area (Å²) < 4.78 is 16.5. The average molecular weight is 334 g/mol. The maximum absolute atomic E-state index is 12.3. The summed E-state index contributed by atoms with van der Waals surface area (Å²) in [6.07, 6.45) is -0.689. The highest BCUT2D eigenvalue weighted by atomic mass is 16.6. The average Bonchev–Trinajstić information content (AvgIpc) is 3.29. The van der Waals surface area contributed by atoms with Gasteiger partial charge in [0.1, 0.15) is 5.58 Å². The quantitative estimate of drug-likeness (QED) is 0.515. The number of nitrogens with zero attached hydrogens (tertiary/aromatic N) is 2. The number of hydrogen-bond donors (Lipinski definition) is 0. The van der Waals surface area contributed by atoms with Crippen LogP contribution >= 0.6 is 0 Å². The zero-order valence-corrected chi connectivity index (χ0v) is 13.4. The zero-order valence-electron chi connectivity index (χ0n) is 13.4. The molecule has 0 spiro atoms. The van der Waals surface area contributed by atoms with Gasteiger partial charge in [-0.15, -0.1) is 10.2 Å². The molecule has 1 atom stereocenters. The van der Waals surface area contributed by atoms with Crippen molar-refractivity contribution in [2.24, 2.45) is 0 Å². The molecule has 0 saturated heterocycles. The lowest BCUT2D eigenvalue weighted by Gasteiger charge is -2.07. The Balaban J connectivity index is 1.50. The fraction of sp³-hybridized carbons (Fsp3) is 0.105. The highest BCUT2D eigenvalue weighted by Crippen LogP contribution is 2.24. The molecule has 2 aromatic carbocycles. The number of fused-ring (bicyclic) bond motifs is 1. The van der Waals surface area contributed by atoms with E-state index in [2.05, 4.69) is 10.2 Å². The van der Waals surface area contributed by atoms with Crippen molar-refractivity contribution in [3.8, 4) is 11.5 Å². The van der Waals surface area contributed by atoms with Crippen molar-refractivity contribution >= 4 is 16.9 Å². The van der Waals surface area contributed by atoms with E-state index in [9.17, 15) is 4.79 Å². The minimum Gasteiger partial charge on any atom is -0.449 e. The van der Waals surface area contributed by atoms with E-state index in [1.807, 2.05) is 48.5 Å². The van der Waals surface area contributed by atoms with Gasteiger partial charge >= 0.3 is 5.97 Å². The molecule has 0 N–H and O–H groups in total. The molecule has 0 fully saturated rings. The lowest BCUT2D eigenvalue weighted by atomic mass is 10.2. The van der Waals surface area contributed by atoms with Crippen molar-refractivity contribution in [3.63, 3.8) is 0 Å². The van der Waals surface area contributed by atoms with Crippen molar-refractivity contribution in [1.29, 1.82) is 0 Å². The fourth-order valence-corrected chi connectivity index (χ4v) is 2.45. The maximum Gasteiger partial charge on any atom is 0.375 e. The molecule has 2 aromatic heterocycles. The molecule has 0 aliphatic carbocycles. The molecule has 6 nitrogen and oxygen atoms in total. The molecule has 0 aliphatic heterocycles. The Morgan fingerprint density at radius 3 is 2.56 bits per heavy atom. The summed E-state index contributed by atoms with van der Waals surface area (Å²) in [7, 11) is 0. The summed E-state index contributed by atoms with van der Waals surface area (Å²) in [5, 5.41) is 8.79. The Morgan fingerprint density at radius 2 is 1.76 bits per heavy atom. The largest absolute Gasteiger partial charge is 0.449 e. The molecule has 0 saturated carbocycles. The van der Waals surface area contributed by atoms with E-state index in [-0.39, 0.29) is 11.7 Å². The van der Waals surface area contributed by atoms with Gasteiger partial charge in [0.05, 0.1) is 0 Å². The first-order valence-electron chi connectivity index (χ1n) is 7.79. The fourth-order valence-electron chi connectivity index (χ4n) is 2.45. The van der Waals surface area contributed by atoms with Crippen LogP contribution in [0.25, 0.3) is 22.4 Å². The summed E-state index contributed by atoms with van der Waals surface area (Å²) in [6, 6.07) is 18.4. The summed E-state index contributed by atoms with van der Waals surface area (Å²) >= 11 is 0. The Morgan fingerprint density at radius 1 is 1.00 bits per heavy atom. The number of furan rings is 1. The van der Waals surface area contributed by atoms with Gasteiger partial charge in [-0.25, -0.2) is 4.79 Å². The van der Waals surface area contributed by atoms with Gasteiger partial charge in [0.15, 0.2) is 6.10 Å². The van der Waals surface area contributed by atoms with Gasteiger partial charge in [-0.2, -0.15) is 0 Å². The molecule has 0 amide bonds. The number of aromatic nitrogens is 2. The molecule has 0 aliphatic rings.